The third-order valence-corrected chi connectivity index (χ3v) is 4.63. The molecule has 0 saturated carbocycles. The van der Waals surface area contributed by atoms with Crippen LogP contribution in [-0.4, -0.2) is 26.5 Å². The number of hydrogen-bond donors (Lipinski definition) is 2. The highest BCUT2D eigenvalue weighted by molar-refractivity contribution is 7.06. The number of aryl methyl sites for hydroxylation is 1. The van der Waals surface area contributed by atoms with Crippen LogP contribution in [0.15, 0.2) is 48.5 Å². The van der Waals surface area contributed by atoms with Crippen molar-refractivity contribution in [3.05, 3.63) is 64.5 Å². The second kappa shape index (κ2) is 6.86. The van der Waals surface area contributed by atoms with Gasteiger partial charge in [-0.1, -0.05) is 48.5 Å². The number of hydrogen-bond acceptors (Lipinski definition) is 4. The number of carboxylic acids is 2. The van der Waals surface area contributed by atoms with E-state index in [1.54, 1.807) is 19.1 Å². The molecule has 0 radical (unpaired) electrons. The summed E-state index contributed by atoms with van der Waals surface area (Å²) in [6, 6.07) is 14.9. The molecule has 3 rings (SSSR count). The van der Waals surface area contributed by atoms with Gasteiger partial charge in [0.15, 0.2) is 0 Å². The van der Waals surface area contributed by atoms with Crippen LogP contribution in [-0.2, 0) is 11.2 Å². The maximum absolute atomic E-state index is 11.4. The summed E-state index contributed by atoms with van der Waals surface area (Å²) < 4.78 is 4.25. The fourth-order valence-corrected chi connectivity index (χ4v) is 3.33. The predicted molar refractivity (Wildman–Crippen MR) is 96.0 cm³/mol. The van der Waals surface area contributed by atoms with E-state index in [9.17, 15) is 14.7 Å². The minimum Gasteiger partial charge on any atom is -0.481 e. The molecular weight excluding hydrogens is 338 g/mol. The summed E-state index contributed by atoms with van der Waals surface area (Å²) in [5.74, 6) is -1.83. The summed E-state index contributed by atoms with van der Waals surface area (Å²) in [5.41, 5.74) is 4.17. The molecule has 0 amide bonds. The molecule has 0 saturated heterocycles. The van der Waals surface area contributed by atoms with Crippen molar-refractivity contribution < 1.29 is 19.8 Å². The van der Waals surface area contributed by atoms with E-state index in [1.165, 1.54) is 11.5 Å². The fourth-order valence-electron chi connectivity index (χ4n) is 2.63. The second-order valence-electron chi connectivity index (χ2n) is 5.61. The van der Waals surface area contributed by atoms with Crippen LogP contribution in [0, 0.1) is 6.92 Å². The van der Waals surface area contributed by atoms with E-state index < -0.39 is 11.9 Å². The van der Waals surface area contributed by atoms with Crippen LogP contribution in [0.1, 0.15) is 20.8 Å². The van der Waals surface area contributed by atoms with E-state index >= 15 is 0 Å². The number of aromatic nitrogens is 1. The SMILES string of the molecule is Cc1snc(-c2ccc(-c3ccc(CC(=O)O)cc3)cc2)c1C(=O)O. The van der Waals surface area contributed by atoms with Crippen molar-refractivity contribution in [2.75, 3.05) is 0 Å². The van der Waals surface area contributed by atoms with Gasteiger partial charge in [0, 0.05) is 10.4 Å². The second-order valence-corrected chi connectivity index (χ2v) is 6.59. The zero-order valence-corrected chi connectivity index (χ0v) is 14.2. The molecule has 5 nitrogen and oxygen atoms in total. The Kier molecular flexibility index (Phi) is 4.63. The Morgan fingerprint density at radius 2 is 1.44 bits per heavy atom. The molecule has 3 aromatic rings. The van der Waals surface area contributed by atoms with Crippen LogP contribution >= 0.6 is 11.5 Å². The van der Waals surface area contributed by atoms with Crippen molar-refractivity contribution in [3.63, 3.8) is 0 Å². The van der Waals surface area contributed by atoms with Crippen LogP contribution in [0.2, 0.25) is 0 Å². The van der Waals surface area contributed by atoms with Crippen molar-refractivity contribution in [3.8, 4) is 22.4 Å². The van der Waals surface area contributed by atoms with Crippen molar-refractivity contribution in [1.29, 1.82) is 0 Å². The van der Waals surface area contributed by atoms with E-state index in [1.807, 2.05) is 36.4 Å². The van der Waals surface area contributed by atoms with Gasteiger partial charge in [-0.25, -0.2) is 4.79 Å². The minimum atomic E-state index is -0.973. The standard InChI is InChI=1S/C19H15NO4S/c1-11-17(19(23)24)18(20-25-11)15-8-6-14(7-9-15)13-4-2-12(3-5-13)10-16(21)22/h2-9H,10H2,1H3,(H,21,22)(H,23,24). The molecule has 0 aliphatic carbocycles. The Morgan fingerprint density at radius 1 is 0.920 bits per heavy atom. The van der Waals surface area contributed by atoms with Gasteiger partial charge in [-0.15, -0.1) is 0 Å². The summed E-state index contributed by atoms with van der Waals surface area (Å²) in [5, 5.41) is 18.2. The van der Waals surface area contributed by atoms with Crippen molar-refractivity contribution in [1.82, 2.24) is 4.37 Å². The average Bonchev–Trinajstić information content (AvgIpc) is 2.97. The third kappa shape index (κ3) is 3.59. The number of aromatic carboxylic acids is 1. The van der Waals surface area contributed by atoms with Gasteiger partial charge in [-0.05, 0) is 35.1 Å². The lowest BCUT2D eigenvalue weighted by Crippen LogP contribution is -1.99. The van der Waals surface area contributed by atoms with Gasteiger partial charge < -0.3 is 10.2 Å². The molecule has 2 aromatic carbocycles. The first-order valence-corrected chi connectivity index (χ1v) is 8.34. The molecule has 126 valence electrons. The summed E-state index contributed by atoms with van der Waals surface area (Å²) >= 11 is 1.18. The lowest BCUT2D eigenvalue weighted by atomic mass is 9.99. The largest absolute Gasteiger partial charge is 0.481 e. The molecule has 25 heavy (non-hydrogen) atoms. The zero-order valence-electron chi connectivity index (χ0n) is 13.4. The fraction of sp³-hybridized carbons (Fsp3) is 0.105. The molecule has 0 atom stereocenters. The normalized spacial score (nSPS) is 10.6. The van der Waals surface area contributed by atoms with Crippen LogP contribution in [0.3, 0.4) is 0 Å². The Morgan fingerprint density at radius 3 is 1.96 bits per heavy atom. The summed E-state index contributed by atoms with van der Waals surface area (Å²) in [6.45, 7) is 1.75. The van der Waals surface area contributed by atoms with E-state index in [0.29, 0.717) is 10.6 Å². The van der Waals surface area contributed by atoms with E-state index in [2.05, 4.69) is 4.37 Å². The summed E-state index contributed by atoms with van der Waals surface area (Å²) in [6.07, 6.45) is 0.000357. The molecule has 0 fully saturated rings. The number of aliphatic carboxylic acids is 1. The highest BCUT2D eigenvalue weighted by atomic mass is 32.1. The van der Waals surface area contributed by atoms with Crippen LogP contribution in [0.5, 0.6) is 0 Å². The smallest absolute Gasteiger partial charge is 0.339 e. The molecule has 6 heteroatoms. The summed E-state index contributed by atoms with van der Waals surface area (Å²) in [4.78, 5) is 22.8. The molecule has 1 aromatic heterocycles. The van der Waals surface area contributed by atoms with Gasteiger partial charge in [0.25, 0.3) is 0 Å². The highest BCUT2D eigenvalue weighted by Gasteiger charge is 2.18. The Labute approximate surface area is 148 Å². The van der Waals surface area contributed by atoms with Crippen LogP contribution in [0.4, 0.5) is 0 Å². The Balaban J connectivity index is 1.88. The lowest BCUT2D eigenvalue weighted by Gasteiger charge is -2.05. The monoisotopic (exact) mass is 353 g/mol. The van der Waals surface area contributed by atoms with Crippen molar-refractivity contribution in [2.45, 2.75) is 13.3 Å². The lowest BCUT2D eigenvalue weighted by molar-refractivity contribution is -0.136. The Bertz CT molecular complexity index is 927. The molecule has 0 aliphatic heterocycles. The van der Waals surface area contributed by atoms with Gasteiger partial charge in [0.2, 0.25) is 0 Å². The van der Waals surface area contributed by atoms with Gasteiger partial charge in [-0.2, -0.15) is 4.37 Å². The van der Waals surface area contributed by atoms with E-state index in [0.717, 1.165) is 22.3 Å². The molecule has 0 bridgehead atoms. The molecule has 0 spiro atoms. The highest BCUT2D eigenvalue weighted by Crippen LogP contribution is 2.30. The molecule has 0 unspecified atom stereocenters. The number of carbonyl (C=O) groups is 2. The molecule has 2 N–H and O–H groups in total. The van der Waals surface area contributed by atoms with E-state index in [-0.39, 0.29) is 12.0 Å². The first-order chi connectivity index (χ1) is 12.0. The van der Waals surface area contributed by atoms with Crippen LogP contribution in [0.25, 0.3) is 22.4 Å². The maximum Gasteiger partial charge on any atom is 0.339 e. The number of carboxylic acid groups (broad SMARTS) is 2. The summed E-state index contributed by atoms with van der Waals surface area (Å²) in [7, 11) is 0. The van der Waals surface area contributed by atoms with Crippen LogP contribution < -0.4 is 0 Å². The third-order valence-electron chi connectivity index (χ3n) is 3.88. The number of rotatable bonds is 5. The molecular formula is C19H15NO4S. The number of benzene rings is 2. The average molecular weight is 353 g/mol. The first-order valence-electron chi connectivity index (χ1n) is 7.57. The topological polar surface area (TPSA) is 87.5 Å². The van der Waals surface area contributed by atoms with Gasteiger partial charge >= 0.3 is 11.9 Å². The first kappa shape index (κ1) is 16.9. The predicted octanol–water partition coefficient (Wildman–Crippen LogP) is 4.11. The zero-order chi connectivity index (χ0) is 18.0. The van der Waals surface area contributed by atoms with Crippen molar-refractivity contribution >= 4 is 23.5 Å². The molecule has 0 aliphatic rings. The van der Waals surface area contributed by atoms with Gasteiger partial charge in [0.05, 0.1) is 12.1 Å². The Hall–Kier alpha value is -2.99. The number of nitrogens with zero attached hydrogens (tertiary/aromatic N) is 1. The van der Waals surface area contributed by atoms with Gasteiger partial charge in [-0.3, -0.25) is 4.79 Å². The maximum atomic E-state index is 11.4. The van der Waals surface area contributed by atoms with E-state index in [4.69, 9.17) is 5.11 Å². The molecule has 1 heterocycles. The van der Waals surface area contributed by atoms with Crippen molar-refractivity contribution in [2.24, 2.45) is 0 Å². The minimum absolute atomic E-state index is 0.000357. The quantitative estimate of drug-likeness (QED) is 0.721. The van der Waals surface area contributed by atoms with Gasteiger partial charge in [0.1, 0.15) is 5.56 Å².